The van der Waals surface area contributed by atoms with Crippen LogP contribution in [0.3, 0.4) is 0 Å². The van der Waals surface area contributed by atoms with Crippen molar-refractivity contribution in [3.05, 3.63) is 196 Å². The second-order valence-corrected chi connectivity index (χ2v) is 11.5. The number of rotatable bonds is 3. The van der Waals surface area contributed by atoms with E-state index in [0.717, 1.165) is 28.9 Å². The van der Waals surface area contributed by atoms with Gasteiger partial charge in [0.25, 0.3) is 0 Å². The average Bonchev–Trinajstić information content (AvgIpc) is 3.62. The normalized spacial score (nSPS) is 19.1. The fourth-order valence-corrected chi connectivity index (χ4v) is 7.25. The van der Waals surface area contributed by atoms with E-state index < -0.39 is 5.41 Å². The Kier molecular flexibility index (Phi) is 5.55. The molecule has 5 aromatic carbocycles. The summed E-state index contributed by atoms with van der Waals surface area (Å²) in [5, 5.41) is 0. The van der Waals surface area contributed by atoms with E-state index in [1.807, 2.05) is 0 Å². The molecule has 1 aliphatic heterocycles. The Morgan fingerprint density at radius 2 is 1.40 bits per heavy atom. The standard InChI is InChI=1S/C41H31N/c1-28-19-22-33(23-20-28)42-26-25-30-11-6-7-14-34(30)29(2)35-24-21-32(27-40(35)42)41(31-12-4-3-5-13-31)38-17-9-8-15-36(38)37-16-10-18-39(37)41/h3-15,17-27H,2,16H2,1H3/b26-25-. The van der Waals surface area contributed by atoms with Gasteiger partial charge in [0.05, 0.1) is 11.1 Å². The summed E-state index contributed by atoms with van der Waals surface area (Å²) in [4.78, 5) is 2.33. The number of hydrogen-bond donors (Lipinski definition) is 0. The van der Waals surface area contributed by atoms with Gasteiger partial charge in [-0.05, 0) is 87.7 Å². The topological polar surface area (TPSA) is 3.24 Å². The second kappa shape index (κ2) is 9.46. The zero-order valence-electron chi connectivity index (χ0n) is 23.7. The molecule has 1 nitrogen and oxygen atoms in total. The third-order valence-corrected chi connectivity index (χ3v) is 9.22. The van der Waals surface area contributed by atoms with Gasteiger partial charge < -0.3 is 4.90 Å². The molecule has 0 saturated carbocycles. The van der Waals surface area contributed by atoms with Crippen LogP contribution in [0.1, 0.15) is 50.9 Å². The van der Waals surface area contributed by atoms with E-state index >= 15 is 0 Å². The molecule has 0 saturated heterocycles. The van der Waals surface area contributed by atoms with Crippen molar-refractivity contribution in [1.29, 1.82) is 0 Å². The smallest absolute Gasteiger partial charge is 0.0711 e. The van der Waals surface area contributed by atoms with E-state index in [1.165, 1.54) is 50.1 Å². The van der Waals surface area contributed by atoms with Crippen LogP contribution < -0.4 is 4.90 Å². The summed E-state index contributed by atoms with van der Waals surface area (Å²) in [6, 6.07) is 44.5. The van der Waals surface area contributed by atoms with Crippen molar-refractivity contribution < 1.29 is 0 Å². The van der Waals surface area contributed by atoms with Crippen molar-refractivity contribution in [2.45, 2.75) is 18.8 Å². The second-order valence-electron chi connectivity index (χ2n) is 11.5. The number of aryl methyl sites for hydroxylation is 1. The summed E-state index contributed by atoms with van der Waals surface area (Å²) < 4.78 is 0. The van der Waals surface area contributed by atoms with Gasteiger partial charge >= 0.3 is 0 Å². The quantitative estimate of drug-likeness (QED) is 0.221. The molecule has 1 unspecified atom stereocenters. The lowest BCUT2D eigenvalue weighted by atomic mass is 9.66. The lowest BCUT2D eigenvalue weighted by molar-refractivity contribution is 0.762. The maximum atomic E-state index is 4.65. The Hall–Kier alpha value is -5.14. The molecule has 1 heteroatoms. The zero-order chi connectivity index (χ0) is 28.3. The fourth-order valence-electron chi connectivity index (χ4n) is 7.25. The summed E-state index contributed by atoms with van der Waals surface area (Å²) in [6.45, 7) is 6.79. The predicted molar refractivity (Wildman–Crippen MR) is 177 cm³/mol. The maximum Gasteiger partial charge on any atom is 0.0711 e. The molecule has 1 atom stereocenters. The highest BCUT2D eigenvalue weighted by Crippen LogP contribution is 2.58. The Morgan fingerprint density at radius 3 is 2.24 bits per heavy atom. The molecular formula is C41H31N. The lowest BCUT2D eigenvalue weighted by Crippen LogP contribution is -2.29. The highest BCUT2D eigenvalue weighted by Gasteiger charge is 2.47. The number of anilines is 2. The van der Waals surface area contributed by atoms with E-state index in [9.17, 15) is 0 Å². The third-order valence-electron chi connectivity index (χ3n) is 9.22. The number of fused-ring (bicyclic) bond motifs is 4. The van der Waals surface area contributed by atoms with Gasteiger partial charge in [-0.1, -0.05) is 127 Å². The van der Waals surface area contributed by atoms with Crippen LogP contribution in [0, 0.1) is 6.92 Å². The van der Waals surface area contributed by atoms with Crippen LogP contribution in [-0.2, 0) is 5.41 Å². The van der Waals surface area contributed by atoms with E-state index in [2.05, 4.69) is 164 Å². The summed E-state index contributed by atoms with van der Waals surface area (Å²) in [7, 11) is 0. The molecule has 8 rings (SSSR count). The third kappa shape index (κ3) is 3.50. The molecule has 200 valence electrons. The monoisotopic (exact) mass is 537 g/mol. The summed E-state index contributed by atoms with van der Waals surface area (Å²) in [5.41, 5.74) is 15.7. The van der Waals surface area contributed by atoms with E-state index in [1.54, 1.807) is 0 Å². The van der Waals surface area contributed by atoms with Crippen molar-refractivity contribution in [2.75, 3.05) is 4.90 Å². The van der Waals surface area contributed by atoms with Gasteiger partial charge in [-0.3, -0.25) is 0 Å². The molecular weight excluding hydrogens is 506 g/mol. The van der Waals surface area contributed by atoms with Crippen LogP contribution >= 0.6 is 0 Å². The van der Waals surface area contributed by atoms with Crippen molar-refractivity contribution in [1.82, 2.24) is 0 Å². The number of nitrogens with zero attached hydrogens (tertiary/aromatic N) is 1. The van der Waals surface area contributed by atoms with Crippen molar-refractivity contribution >= 4 is 28.6 Å². The van der Waals surface area contributed by atoms with Crippen molar-refractivity contribution in [3.8, 4) is 0 Å². The highest BCUT2D eigenvalue weighted by molar-refractivity contribution is 5.94. The van der Waals surface area contributed by atoms with Gasteiger partial charge in [0.1, 0.15) is 0 Å². The molecule has 0 radical (unpaired) electrons. The van der Waals surface area contributed by atoms with Gasteiger partial charge in [0.15, 0.2) is 0 Å². The summed E-state index contributed by atoms with van der Waals surface area (Å²) in [6.07, 6.45) is 10.1. The molecule has 1 heterocycles. The van der Waals surface area contributed by atoms with Crippen LogP contribution in [-0.4, -0.2) is 0 Å². The van der Waals surface area contributed by atoms with Crippen LogP contribution in [0.2, 0.25) is 0 Å². The molecule has 0 aromatic heterocycles. The molecule has 2 aliphatic carbocycles. The zero-order valence-corrected chi connectivity index (χ0v) is 23.7. The molecule has 0 bridgehead atoms. The first kappa shape index (κ1) is 24.6. The molecule has 3 aliphatic rings. The minimum atomic E-state index is -0.403. The molecule has 0 spiro atoms. The minimum Gasteiger partial charge on any atom is -0.317 e. The van der Waals surface area contributed by atoms with Crippen molar-refractivity contribution in [2.24, 2.45) is 0 Å². The van der Waals surface area contributed by atoms with Gasteiger partial charge in [0, 0.05) is 17.5 Å². The Labute approximate surface area is 248 Å². The first-order valence-corrected chi connectivity index (χ1v) is 14.7. The Balaban J connectivity index is 1.44. The summed E-state index contributed by atoms with van der Waals surface area (Å²) in [5.74, 6) is 0. The van der Waals surface area contributed by atoms with Gasteiger partial charge in [0.2, 0.25) is 0 Å². The highest BCUT2D eigenvalue weighted by atomic mass is 15.1. The molecule has 42 heavy (non-hydrogen) atoms. The fraction of sp³-hybridized carbons (Fsp3) is 0.0732. The largest absolute Gasteiger partial charge is 0.317 e. The van der Waals surface area contributed by atoms with Crippen molar-refractivity contribution in [3.63, 3.8) is 0 Å². The molecule has 0 fully saturated rings. The number of benzene rings is 5. The molecule has 0 amide bonds. The lowest BCUT2D eigenvalue weighted by Gasteiger charge is -2.36. The number of allylic oxidation sites excluding steroid dienone is 4. The molecule has 0 N–H and O–H groups in total. The Morgan fingerprint density at radius 1 is 0.667 bits per heavy atom. The molecule has 5 aromatic rings. The first-order valence-electron chi connectivity index (χ1n) is 14.7. The number of hydrogen-bond acceptors (Lipinski definition) is 1. The average molecular weight is 538 g/mol. The van der Waals surface area contributed by atoms with Gasteiger partial charge in [-0.2, -0.15) is 0 Å². The predicted octanol–water partition coefficient (Wildman–Crippen LogP) is 10.2. The van der Waals surface area contributed by atoms with Crippen LogP contribution in [0.15, 0.2) is 152 Å². The SMILES string of the molecule is C=C1c2ccccc2/C=C\N(c2ccc(C)cc2)c2cc(C3(c4ccccc4)C4=C(CC=C4)c4ccccc43)ccc21. The first-order chi connectivity index (χ1) is 20.7. The Bertz CT molecular complexity index is 1970. The van der Waals surface area contributed by atoms with Gasteiger partial charge in [-0.15, -0.1) is 0 Å². The van der Waals surface area contributed by atoms with E-state index in [0.29, 0.717) is 0 Å². The van der Waals surface area contributed by atoms with E-state index in [-0.39, 0.29) is 0 Å². The van der Waals surface area contributed by atoms with Gasteiger partial charge in [-0.25, -0.2) is 0 Å². The summed E-state index contributed by atoms with van der Waals surface area (Å²) >= 11 is 0. The van der Waals surface area contributed by atoms with E-state index in [4.69, 9.17) is 0 Å². The minimum absolute atomic E-state index is 0.403. The maximum absolute atomic E-state index is 4.65. The van der Waals surface area contributed by atoms with Crippen LogP contribution in [0.5, 0.6) is 0 Å². The van der Waals surface area contributed by atoms with Crippen LogP contribution in [0.25, 0.3) is 17.2 Å². The van der Waals surface area contributed by atoms with Crippen LogP contribution in [0.4, 0.5) is 11.4 Å².